The third kappa shape index (κ3) is 6.14. The minimum atomic E-state index is -0.0325. The van der Waals surface area contributed by atoms with E-state index in [1.165, 1.54) is 14.2 Å². The highest BCUT2D eigenvalue weighted by Crippen LogP contribution is 2.40. The van der Waals surface area contributed by atoms with E-state index in [1.807, 2.05) is 50.6 Å². The van der Waals surface area contributed by atoms with Crippen molar-refractivity contribution in [1.29, 1.82) is 0 Å². The number of pyridine rings is 2. The molecule has 0 saturated carbocycles. The van der Waals surface area contributed by atoms with E-state index in [-0.39, 0.29) is 11.5 Å². The maximum atomic E-state index is 10.2. The smallest absolute Gasteiger partial charge is 0.200 e. The van der Waals surface area contributed by atoms with Gasteiger partial charge in [-0.15, -0.1) is 0 Å². The number of nitrogens with zero attached hydrogens (tertiary/aromatic N) is 4. The summed E-state index contributed by atoms with van der Waals surface area (Å²) in [4.78, 5) is 13.6. The highest BCUT2D eigenvalue weighted by Gasteiger charge is 2.14. The van der Waals surface area contributed by atoms with E-state index in [4.69, 9.17) is 14.2 Å². The first-order valence-corrected chi connectivity index (χ1v) is 12.9. The van der Waals surface area contributed by atoms with Crippen LogP contribution in [0.2, 0.25) is 0 Å². The average Bonchev–Trinajstić information content (AvgIpc) is 2.98. The van der Waals surface area contributed by atoms with Gasteiger partial charge in [0.05, 0.1) is 56.5 Å². The van der Waals surface area contributed by atoms with Crippen LogP contribution in [0.3, 0.4) is 0 Å². The van der Waals surface area contributed by atoms with Crippen LogP contribution >= 0.6 is 0 Å². The summed E-state index contributed by atoms with van der Waals surface area (Å²) < 4.78 is 15.8. The van der Waals surface area contributed by atoms with Crippen molar-refractivity contribution < 1.29 is 24.4 Å². The number of phenolic OH excluding ortho intramolecular Hbond substituents is 2. The molecule has 9 nitrogen and oxygen atoms in total. The van der Waals surface area contributed by atoms with Crippen LogP contribution in [0.25, 0.3) is 22.5 Å². The number of aromatic nitrogens is 2. The summed E-state index contributed by atoms with van der Waals surface area (Å²) >= 11 is 0. The number of rotatable bonds is 11. The van der Waals surface area contributed by atoms with Gasteiger partial charge in [-0.05, 0) is 67.4 Å². The van der Waals surface area contributed by atoms with Crippen LogP contribution in [0.15, 0.2) is 60.9 Å². The Hall–Kier alpha value is -4.66. The molecule has 0 bridgehead atoms. The standard InChI is InChI=1S/C31H36N4O5/c1-20-14-21(15-27(38-4)30(20)36)25-10-8-23(18-32-25)34(2)12-7-13-35(3)24-9-11-26(33-19-24)22-16-28(39-5)31(37)29(17-22)40-6/h8-11,14-19,36-37H,7,12-13H2,1-6H3. The van der Waals surface area contributed by atoms with Crippen molar-refractivity contribution in [2.24, 2.45) is 0 Å². The van der Waals surface area contributed by atoms with Crippen molar-refractivity contribution in [2.45, 2.75) is 13.3 Å². The molecule has 2 N–H and O–H groups in total. The fraction of sp³-hybridized carbons (Fsp3) is 0.290. The highest BCUT2D eigenvalue weighted by atomic mass is 16.5. The minimum absolute atomic E-state index is 0.0325. The molecule has 0 atom stereocenters. The predicted octanol–water partition coefficient (Wildman–Crippen LogP) is 5.52. The van der Waals surface area contributed by atoms with E-state index in [2.05, 4.69) is 32.9 Å². The van der Waals surface area contributed by atoms with Crippen molar-refractivity contribution in [1.82, 2.24) is 9.97 Å². The summed E-state index contributed by atoms with van der Waals surface area (Å²) in [6.07, 6.45) is 4.65. The van der Waals surface area contributed by atoms with Gasteiger partial charge in [-0.1, -0.05) is 0 Å². The fourth-order valence-electron chi connectivity index (χ4n) is 4.46. The number of anilines is 2. The zero-order chi connectivity index (χ0) is 28.8. The van der Waals surface area contributed by atoms with Gasteiger partial charge in [0.2, 0.25) is 5.75 Å². The molecule has 0 aliphatic heterocycles. The van der Waals surface area contributed by atoms with Gasteiger partial charge >= 0.3 is 0 Å². The molecular formula is C31H36N4O5. The SMILES string of the molecule is COc1cc(-c2ccc(N(C)CCCN(C)c3ccc(-c4cc(OC)c(O)c(OC)c4)nc3)cn2)cc(C)c1O. The third-order valence-corrected chi connectivity index (χ3v) is 6.92. The number of aromatic hydroxyl groups is 2. The van der Waals surface area contributed by atoms with Crippen LogP contribution in [0.1, 0.15) is 12.0 Å². The lowest BCUT2D eigenvalue weighted by atomic mass is 10.1. The summed E-state index contributed by atoms with van der Waals surface area (Å²) in [5, 5.41) is 20.3. The van der Waals surface area contributed by atoms with Gasteiger partial charge in [0, 0.05) is 38.3 Å². The Balaban J connectivity index is 1.34. The molecule has 2 aromatic heterocycles. The normalized spacial score (nSPS) is 10.8. The van der Waals surface area contributed by atoms with Crippen molar-refractivity contribution in [2.75, 3.05) is 58.3 Å². The number of methoxy groups -OCH3 is 3. The lowest BCUT2D eigenvalue weighted by Crippen LogP contribution is -2.25. The fourth-order valence-corrected chi connectivity index (χ4v) is 4.46. The van der Waals surface area contributed by atoms with Crippen LogP contribution in [-0.4, -0.2) is 68.7 Å². The van der Waals surface area contributed by atoms with E-state index in [9.17, 15) is 10.2 Å². The van der Waals surface area contributed by atoms with Crippen LogP contribution in [0.5, 0.6) is 28.7 Å². The molecule has 0 radical (unpaired) electrons. The van der Waals surface area contributed by atoms with Gasteiger partial charge in [0.1, 0.15) is 0 Å². The molecule has 4 rings (SSSR count). The topological polar surface area (TPSA) is 100 Å². The third-order valence-electron chi connectivity index (χ3n) is 6.92. The second-order valence-corrected chi connectivity index (χ2v) is 9.57. The molecule has 0 amide bonds. The maximum absolute atomic E-state index is 10.2. The molecule has 210 valence electrons. The molecule has 0 unspecified atom stereocenters. The Kier molecular flexibility index (Phi) is 8.83. The average molecular weight is 545 g/mol. The molecule has 2 aromatic carbocycles. The number of ether oxygens (including phenoxy) is 3. The molecule has 2 heterocycles. The number of hydrogen-bond donors (Lipinski definition) is 2. The molecule has 0 fully saturated rings. The first-order chi connectivity index (χ1) is 19.2. The number of benzene rings is 2. The van der Waals surface area contributed by atoms with E-state index >= 15 is 0 Å². The zero-order valence-electron chi connectivity index (χ0n) is 23.8. The van der Waals surface area contributed by atoms with Crippen LogP contribution in [0, 0.1) is 6.92 Å². The van der Waals surface area contributed by atoms with Crippen LogP contribution in [0.4, 0.5) is 11.4 Å². The molecular weight excluding hydrogens is 508 g/mol. The second-order valence-electron chi connectivity index (χ2n) is 9.57. The Labute approximate surface area is 235 Å². The summed E-state index contributed by atoms with van der Waals surface area (Å²) in [5.74, 6) is 1.23. The molecule has 0 aliphatic rings. The maximum Gasteiger partial charge on any atom is 0.200 e. The van der Waals surface area contributed by atoms with Gasteiger partial charge in [-0.2, -0.15) is 0 Å². The van der Waals surface area contributed by atoms with E-state index in [0.29, 0.717) is 17.2 Å². The van der Waals surface area contributed by atoms with E-state index in [1.54, 1.807) is 25.3 Å². The summed E-state index contributed by atoms with van der Waals surface area (Å²) in [7, 11) is 8.65. The van der Waals surface area contributed by atoms with Gasteiger partial charge in [0.15, 0.2) is 23.0 Å². The molecule has 9 heteroatoms. The monoisotopic (exact) mass is 544 g/mol. The van der Waals surface area contributed by atoms with Crippen LogP contribution < -0.4 is 24.0 Å². The first-order valence-electron chi connectivity index (χ1n) is 12.9. The largest absolute Gasteiger partial charge is 0.504 e. The van der Waals surface area contributed by atoms with Gasteiger partial charge in [-0.3, -0.25) is 9.97 Å². The van der Waals surface area contributed by atoms with Crippen molar-refractivity contribution in [3.63, 3.8) is 0 Å². The Morgan fingerprint density at radius 2 is 1.07 bits per heavy atom. The predicted molar refractivity (Wildman–Crippen MR) is 158 cm³/mol. The van der Waals surface area contributed by atoms with Gasteiger partial charge < -0.3 is 34.2 Å². The summed E-state index contributed by atoms with van der Waals surface area (Å²) in [6, 6.07) is 15.2. The molecule has 0 spiro atoms. The van der Waals surface area contributed by atoms with Crippen molar-refractivity contribution >= 4 is 11.4 Å². The summed E-state index contributed by atoms with van der Waals surface area (Å²) in [5.41, 5.74) is 6.04. The number of hydrogen-bond acceptors (Lipinski definition) is 9. The van der Waals surface area contributed by atoms with Crippen molar-refractivity contribution in [3.8, 4) is 51.3 Å². The number of aryl methyl sites for hydroxylation is 1. The molecule has 40 heavy (non-hydrogen) atoms. The first kappa shape index (κ1) is 28.4. The van der Waals surface area contributed by atoms with E-state index in [0.717, 1.165) is 59.0 Å². The Morgan fingerprint density at radius 3 is 1.48 bits per heavy atom. The lowest BCUT2D eigenvalue weighted by molar-refractivity contribution is 0.340. The quantitative estimate of drug-likeness (QED) is 0.253. The van der Waals surface area contributed by atoms with E-state index < -0.39 is 0 Å². The highest BCUT2D eigenvalue weighted by molar-refractivity contribution is 5.69. The Morgan fingerprint density at radius 1 is 0.650 bits per heavy atom. The lowest BCUT2D eigenvalue weighted by Gasteiger charge is -2.23. The molecule has 0 aliphatic carbocycles. The van der Waals surface area contributed by atoms with Crippen LogP contribution in [-0.2, 0) is 0 Å². The molecule has 4 aromatic rings. The second kappa shape index (κ2) is 12.5. The Bertz CT molecular complexity index is 1420. The number of phenols is 2. The minimum Gasteiger partial charge on any atom is -0.504 e. The van der Waals surface area contributed by atoms with Crippen molar-refractivity contribution in [3.05, 3.63) is 66.5 Å². The van der Waals surface area contributed by atoms with Gasteiger partial charge in [-0.25, -0.2) is 0 Å². The van der Waals surface area contributed by atoms with Gasteiger partial charge in [0.25, 0.3) is 0 Å². The summed E-state index contributed by atoms with van der Waals surface area (Å²) in [6.45, 7) is 3.55. The molecule has 0 saturated heterocycles. The zero-order valence-corrected chi connectivity index (χ0v) is 23.8.